The molecule has 0 aliphatic heterocycles. The number of rotatable bonds is 6. The summed E-state index contributed by atoms with van der Waals surface area (Å²) in [6, 6.07) is 11.3. The topological polar surface area (TPSA) is 54.3 Å². The zero-order chi connectivity index (χ0) is 14.4. The predicted octanol–water partition coefficient (Wildman–Crippen LogP) is 2.32. The van der Waals surface area contributed by atoms with E-state index in [1.807, 2.05) is 47.2 Å². The molecule has 1 amide bonds. The van der Waals surface area contributed by atoms with Crippen LogP contribution in [0.25, 0.3) is 0 Å². The summed E-state index contributed by atoms with van der Waals surface area (Å²) in [5, 5.41) is 12.0. The van der Waals surface area contributed by atoms with Gasteiger partial charge in [-0.25, -0.2) is 0 Å². The van der Waals surface area contributed by atoms with Crippen molar-refractivity contribution >= 4 is 5.91 Å². The fourth-order valence-electron chi connectivity index (χ4n) is 2.17. The Bertz CT molecular complexity index is 575. The van der Waals surface area contributed by atoms with E-state index in [-0.39, 0.29) is 12.5 Å². The zero-order valence-electron chi connectivity index (χ0n) is 11.7. The van der Waals surface area contributed by atoms with Gasteiger partial charge in [-0.3, -0.25) is 4.79 Å². The van der Waals surface area contributed by atoms with E-state index >= 15 is 0 Å². The number of aliphatic hydroxyl groups is 1. The predicted molar refractivity (Wildman–Crippen MR) is 78.3 cm³/mol. The molecule has 0 saturated heterocycles. The monoisotopic (exact) mass is 272 g/mol. The van der Waals surface area contributed by atoms with Crippen LogP contribution in [0.3, 0.4) is 0 Å². The van der Waals surface area contributed by atoms with Gasteiger partial charge in [0, 0.05) is 19.3 Å². The molecule has 0 fully saturated rings. The largest absolute Gasteiger partial charge is 0.392 e. The molecule has 0 spiro atoms. The molecular formula is C16H20N2O2. The van der Waals surface area contributed by atoms with Crippen molar-refractivity contribution in [1.29, 1.82) is 0 Å². The lowest BCUT2D eigenvalue weighted by molar-refractivity contribution is 0.0941. The highest BCUT2D eigenvalue weighted by molar-refractivity contribution is 5.92. The van der Waals surface area contributed by atoms with E-state index in [2.05, 4.69) is 12.2 Å². The molecule has 0 aliphatic rings. The van der Waals surface area contributed by atoms with Gasteiger partial charge in [0.2, 0.25) is 0 Å². The second-order valence-corrected chi connectivity index (χ2v) is 4.75. The van der Waals surface area contributed by atoms with Gasteiger partial charge in [-0.15, -0.1) is 0 Å². The molecule has 1 heterocycles. The number of hydrogen-bond donors (Lipinski definition) is 2. The number of amides is 1. The first-order chi connectivity index (χ1) is 9.74. The minimum Gasteiger partial charge on any atom is -0.392 e. The minimum atomic E-state index is -0.0714. The van der Waals surface area contributed by atoms with Gasteiger partial charge in [0.1, 0.15) is 5.69 Å². The van der Waals surface area contributed by atoms with Crippen LogP contribution in [-0.4, -0.2) is 15.6 Å². The SMILES string of the molecule is CCCn1cccc1C(=O)NCc1cccc(CO)c1. The molecule has 1 aromatic carbocycles. The number of hydrogen-bond acceptors (Lipinski definition) is 2. The Morgan fingerprint density at radius 3 is 2.80 bits per heavy atom. The number of aromatic nitrogens is 1. The van der Waals surface area contributed by atoms with Crippen molar-refractivity contribution in [2.75, 3.05) is 0 Å². The highest BCUT2D eigenvalue weighted by Gasteiger charge is 2.09. The molecule has 1 aromatic heterocycles. The maximum absolute atomic E-state index is 12.1. The molecule has 4 nitrogen and oxygen atoms in total. The third kappa shape index (κ3) is 3.48. The molecule has 4 heteroatoms. The maximum atomic E-state index is 12.1. The fraction of sp³-hybridized carbons (Fsp3) is 0.312. The number of nitrogens with one attached hydrogen (secondary N) is 1. The Morgan fingerprint density at radius 2 is 2.05 bits per heavy atom. The number of benzene rings is 1. The molecule has 20 heavy (non-hydrogen) atoms. The minimum absolute atomic E-state index is 0.0150. The first-order valence-corrected chi connectivity index (χ1v) is 6.86. The lowest BCUT2D eigenvalue weighted by Gasteiger charge is -2.09. The lowest BCUT2D eigenvalue weighted by Crippen LogP contribution is -2.25. The van der Waals surface area contributed by atoms with Crippen LogP contribution in [0.2, 0.25) is 0 Å². The molecule has 0 saturated carbocycles. The van der Waals surface area contributed by atoms with E-state index in [4.69, 9.17) is 5.11 Å². The van der Waals surface area contributed by atoms with Crippen molar-refractivity contribution < 1.29 is 9.90 Å². The van der Waals surface area contributed by atoms with Crippen molar-refractivity contribution in [1.82, 2.24) is 9.88 Å². The van der Waals surface area contributed by atoms with Gasteiger partial charge in [0.15, 0.2) is 0 Å². The maximum Gasteiger partial charge on any atom is 0.268 e. The number of aryl methyl sites for hydroxylation is 1. The van der Waals surface area contributed by atoms with Crippen LogP contribution in [-0.2, 0) is 19.7 Å². The van der Waals surface area contributed by atoms with E-state index in [1.54, 1.807) is 0 Å². The van der Waals surface area contributed by atoms with Crippen molar-refractivity contribution in [2.24, 2.45) is 0 Å². The van der Waals surface area contributed by atoms with E-state index in [0.717, 1.165) is 24.1 Å². The Labute approximate surface area is 119 Å². The molecular weight excluding hydrogens is 252 g/mol. The van der Waals surface area contributed by atoms with E-state index in [0.29, 0.717) is 12.2 Å². The summed E-state index contributed by atoms with van der Waals surface area (Å²) in [5.74, 6) is -0.0714. The second-order valence-electron chi connectivity index (χ2n) is 4.75. The van der Waals surface area contributed by atoms with Crippen molar-refractivity contribution in [3.05, 3.63) is 59.4 Å². The first kappa shape index (κ1) is 14.3. The summed E-state index contributed by atoms with van der Waals surface area (Å²) >= 11 is 0. The molecule has 0 atom stereocenters. The van der Waals surface area contributed by atoms with Gasteiger partial charge in [-0.05, 0) is 29.7 Å². The van der Waals surface area contributed by atoms with Gasteiger partial charge in [0.25, 0.3) is 5.91 Å². The summed E-state index contributed by atoms with van der Waals surface area (Å²) in [6.07, 6.45) is 2.91. The summed E-state index contributed by atoms with van der Waals surface area (Å²) in [4.78, 5) is 12.1. The second kappa shape index (κ2) is 6.91. The number of carbonyl (C=O) groups excluding carboxylic acids is 1. The van der Waals surface area contributed by atoms with Crippen LogP contribution in [0.4, 0.5) is 0 Å². The summed E-state index contributed by atoms with van der Waals surface area (Å²) in [5.41, 5.74) is 2.52. The quantitative estimate of drug-likeness (QED) is 0.848. The van der Waals surface area contributed by atoms with Gasteiger partial charge in [-0.2, -0.15) is 0 Å². The standard InChI is InChI=1S/C16H20N2O2/c1-2-8-18-9-4-7-15(18)16(20)17-11-13-5-3-6-14(10-13)12-19/h3-7,9-10,19H,2,8,11-12H2,1H3,(H,17,20). The molecule has 0 aliphatic carbocycles. The van der Waals surface area contributed by atoms with E-state index < -0.39 is 0 Å². The summed E-state index contributed by atoms with van der Waals surface area (Å²) in [6.45, 7) is 3.41. The van der Waals surface area contributed by atoms with Gasteiger partial charge in [-0.1, -0.05) is 31.2 Å². The molecule has 2 aromatic rings. The molecule has 2 rings (SSSR count). The average Bonchev–Trinajstić information content (AvgIpc) is 2.94. The average molecular weight is 272 g/mol. The number of carbonyl (C=O) groups is 1. The highest BCUT2D eigenvalue weighted by Crippen LogP contribution is 2.07. The van der Waals surface area contributed by atoms with Gasteiger partial charge >= 0.3 is 0 Å². The Hall–Kier alpha value is -2.07. The Kier molecular flexibility index (Phi) is 4.96. The smallest absolute Gasteiger partial charge is 0.268 e. The van der Waals surface area contributed by atoms with E-state index in [1.165, 1.54) is 0 Å². The van der Waals surface area contributed by atoms with Crippen LogP contribution in [0.1, 0.15) is 35.0 Å². The Balaban J connectivity index is 1.99. The Morgan fingerprint density at radius 1 is 1.25 bits per heavy atom. The third-order valence-corrected chi connectivity index (χ3v) is 3.15. The van der Waals surface area contributed by atoms with Crippen LogP contribution >= 0.6 is 0 Å². The molecule has 0 bridgehead atoms. The van der Waals surface area contributed by atoms with Crippen molar-refractivity contribution in [3.8, 4) is 0 Å². The number of aliphatic hydroxyl groups excluding tert-OH is 1. The summed E-state index contributed by atoms with van der Waals surface area (Å²) < 4.78 is 1.96. The van der Waals surface area contributed by atoms with Crippen LogP contribution < -0.4 is 5.32 Å². The molecule has 2 N–H and O–H groups in total. The molecule has 0 radical (unpaired) electrons. The zero-order valence-corrected chi connectivity index (χ0v) is 11.7. The first-order valence-electron chi connectivity index (χ1n) is 6.86. The lowest BCUT2D eigenvalue weighted by atomic mass is 10.1. The molecule has 106 valence electrons. The highest BCUT2D eigenvalue weighted by atomic mass is 16.3. The third-order valence-electron chi connectivity index (χ3n) is 3.15. The van der Waals surface area contributed by atoms with E-state index in [9.17, 15) is 4.79 Å². The summed E-state index contributed by atoms with van der Waals surface area (Å²) in [7, 11) is 0. The van der Waals surface area contributed by atoms with Crippen LogP contribution in [0.5, 0.6) is 0 Å². The molecule has 0 unspecified atom stereocenters. The number of nitrogens with zero attached hydrogens (tertiary/aromatic N) is 1. The van der Waals surface area contributed by atoms with Crippen LogP contribution in [0.15, 0.2) is 42.6 Å². The van der Waals surface area contributed by atoms with Crippen LogP contribution in [0, 0.1) is 0 Å². The van der Waals surface area contributed by atoms with Crippen molar-refractivity contribution in [2.45, 2.75) is 33.0 Å². The fourth-order valence-corrected chi connectivity index (χ4v) is 2.17. The van der Waals surface area contributed by atoms with Gasteiger partial charge in [0.05, 0.1) is 6.61 Å². The van der Waals surface area contributed by atoms with Gasteiger partial charge < -0.3 is 15.0 Å². The van der Waals surface area contributed by atoms with Crippen molar-refractivity contribution in [3.63, 3.8) is 0 Å². The normalized spacial score (nSPS) is 10.5.